The molecule has 1 heterocycles. The summed E-state index contributed by atoms with van der Waals surface area (Å²) in [6.45, 7) is 3.94. The maximum absolute atomic E-state index is 13.4. The lowest BCUT2D eigenvalue weighted by molar-refractivity contribution is -0.140. The second-order valence-corrected chi connectivity index (χ2v) is 9.08. The van der Waals surface area contributed by atoms with Gasteiger partial charge in [-0.05, 0) is 73.5 Å². The highest BCUT2D eigenvalue weighted by atomic mass is 16.5. The monoisotopic (exact) mass is 517 g/mol. The predicted molar refractivity (Wildman–Crippen MR) is 143 cm³/mol. The number of benzene rings is 3. The first-order valence-corrected chi connectivity index (χ1v) is 12.2. The molecule has 1 amide bonds. The van der Waals surface area contributed by atoms with E-state index in [1.807, 2.05) is 13.8 Å². The number of likely N-dealkylation sites (tertiary alicyclic amines) is 1. The number of hydrogen-bond acceptors (Lipinski definition) is 7. The van der Waals surface area contributed by atoms with Crippen LogP contribution in [0, 0.1) is 0 Å². The molecule has 0 saturated carbocycles. The van der Waals surface area contributed by atoms with Gasteiger partial charge in [0, 0.05) is 12.1 Å². The number of carbonyl (C=O) groups excluding carboxylic acids is 2. The van der Waals surface area contributed by atoms with Gasteiger partial charge in [0.15, 0.2) is 11.5 Å². The Hall–Kier alpha value is -4.46. The predicted octanol–water partition coefficient (Wildman–Crippen LogP) is 5.12. The van der Waals surface area contributed by atoms with Gasteiger partial charge in [-0.1, -0.05) is 18.2 Å². The van der Waals surface area contributed by atoms with E-state index in [1.165, 1.54) is 12.0 Å². The van der Waals surface area contributed by atoms with E-state index >= 15 is 0 Å². The largest absolute Gasteiger partial charge is 0.507 e. The number of rotatable bonds is 9. The first-order chi connectivity index (χ1) is 18.3. The summed E-state index contributed by atoms with van der Waals surface area (Å²) in [5.41, 5.74) is 1.76. The van der Waals surface area contributed by atoms with Gasteiger partial charge in [0.05, 0.1) is 39.0 Å². The van der Waals surface area contributed by atoms with Crippen molar-refractivity contribution in [2.75, 3.05) is 21.3 Å². The fourth-order valence-electron chi connectivity index (χ4n) is 4.50. The number of Topliss-reactive ketones (excluding diaryl/α,β-unsaturated/α-hetero) is 1. The molecular formula is C30H31NO7. The molecule has 1 aliphatic rings. The first kappa shape index (κ1) is 26.6. The number of ether oxygens (including phenoxy) is 4. The summed E-state index contributed by atoms with van der Waals surface area (Å²) >= 11 is 0. The summed E-state index contributed by atoms with van der Waals surface area (Å²) in [5, 5.41) is 11.3. The Morgan fingerprint density at radius 3 is 2.21 bits per heavy atom. The number of aliphatic hydroxyl groups is 1. The Labute approximate surface area is 222 Å². The molecule has 1 aliphatic heterocycles. The van der Waals surface area contributed by atoms with Crippen LogP contribution in [-0.4, -0.2) is 49.1 Å². The van der Waals surface area contributed by atoms with Crippen molar-refractivity contribution in [3.8, 4) is 23.0 Å². The van der Waals surface area contributed by atoms with Gasteiger partial charge in [0.1, 0.15) is 17.3 Å². The van der Waals surface area contributed by atoms with Crippen LogP contribution in [0.3, 0.4) is 0 Å². The lowest BCUT2D eigenvalue weighted by Gasteiger charge is -2.26. The Morgan fingerprint density at radius 1 is 0.868 bits per heavy atom. The smallest absolute Gasteiger partial charge is 0.295 e. The molecule has 198 valence electrons. The van der Waals surface area contributed by atoms with Gasteiger partial charge in [-0.25, -0.2) is 0 Å². The molecule has 1 N–H and O–H groups in total. The Morgan fingerprint density at radius 2 is 1.58 bits per heavy atom. The molecule has 3 aromatic carbocycles. The first-order valence-electron chi connectivity index (χ1n) is 12.2. The molecule has 8 nitrogen and oxygen atoms in total. The van der Waals surface area contributed by atoms with Crippen molar-refractivity contribution in [3.63, 3.8) is 0 Å². The fraction of sp³-hybridized carbons (Fsp3) is 0.267. The number of amides is 1. The maximum Gasteiger partial charge on any atom is 0.295 e. The number of ketones is 1. The molecule has 4 rings (SSSR count). The molecule has 0 bridgehead atoms. The van der Waals surface area contributed by atoms with E-state index in [0.29, 0.717) is 34.1 Å². The number of nitrogens with zero attached hydrogens (tertiary/aromatic N) is 1. The van der Waals surface area contributed by atoms with Gasteiger partial charge in [-0.2, -0.15) is 0 Å². The summed E-state index contributed by atoms with van der Waals surface area (Å²) < 4.78 is 21.8. The van der Waals surface area contributed by atoms with E-state index in [9.17, 15) is 14.7 Å². The fourth-order valence-corrected chi connectivity index (χ4v) is 4.50. The summed E-state index contributed by atoms with van der Waals surface area (Å²) in [7, 11) is 4.61. The summed E-state index contributed by atoms with van der Waals surface area (Å²) in [5.74, 6) is 0.509. The van der Waals surface area contributed by atoms with E-state index in [2.05, 4.69) is 0 Å². The summed E-state index contributed by atoms with van der Waals surface area (Å²) in [6.07, 6.45) is -0.00980. The van der Waals surface area contributed by atoms with Gasteiger partial charge in [0.25, 0.3) is 11.7 Å². The van der Waals surface area contributed by atoms with Crippen LogP contribution in [0.1, 0.15) is 36.6 Å². The Balaban J connectivity index is 1.81. The highest BCUT2D eigenvalue weighted by Gasteiger charge is 2.46. The third kappa shape index (κ3) is 5.29. The molecule has 38 heavy (non-hydrogen) atoms. The molecule has 3 aromatic rings. The van der Waals surface area contributed by atoms with E-state index in [4.69, 9.17) is 18.9 Å². The minimum Gasteiger partial charge on any atom is -0.507 e. The number of aliphatic hydroxyl groups excluding tert-OH is 1. The van der Waals surface area contributed by atoms with Gasteiger partial charge < -0.3 is 29.0 Å². The zero-order valence-corrected chi connectivity index (χ0v) is 22.1. The van der Waals surface area contributed by atoms with Crippen LogP contribution in [0.4, 0.5) is 0 Å². The number of methoxy groups -OCH3 is 3. The molecular weight excluding hydrogens is 486 g/mol. The van der Waals surface area contributed by atoms with Gasteiger partial charge in [-0.15, -0.1) is 0 Å². The molecule has 1 fully saturated rings. The number of hydrogen-bond donors (Lipinski definition) is 1. The average molecular weight is 518 g/mol. The molecule has 1 unspecified atom stereocenters. The zero-order chi connectivity index (χ0) is 27.4. The van der Waals surface area contributed by atoms with Gasteiger partial charge in [-0.3, -0.25) is 9.59 Å². The van der Waals surface area contributed by atoms with Crippen molar-refractivity contribution < 1.29 is 33.6 Å². The van der Waals surface area contributed by atoms with Crippen LogP contribution in [0.15, 0.2) is 72.3 Å². The van der Waals surface area contributed by atoms with Crippen molar-refractivity contribution in [2.45, 2.75) is 32.5 Å². The van der Waals surface area contributed by atoms with Crippen LogP contribution < -0.4 is 18.9 Å². The minimum atomic E-state index is -0.843. The van der Waals surface area contributed by atoms with Crippen LogP contribution in [0.2, 0.25) is 0 Å². The lowest BCUT2D eigenvalue weighted by atomic mass is 9.95. The highest BCUT2D eigenvalue weighted by molar-refractivity contribution is 6.46. The van der Waals surface area contributed by atoms with E-state index in [0.717, 1.165) is 5.56 Å². The lowest BCUT2D eigenvalue weighted by Crippen LogP contribution is -2.29. The van der Waals surface area contributed by atoms with Crippen molar-refractivity contribution in [1.82, 2.24) is 4.90 Å². The Bertz CT molecular complexity index is 1360. The molecule has 1 saturated heterocycles. The van der Waals surface area contributed by atoms with E-state index in [-0.39, 0.29) is 24.0 Å². The maximum atomic E-state index is 13.4. The van der Waals surface area contributed by atoms with Crippen LogP contribution >= 0.6 is 0 Å². The highest BCUT2D eigenvalue weighted by Crippen LogP contribution is 2.41. The molecule has 0 aromatic heterocycles. The molecule has 0 spiro atoms. The minimum absolute atomic E-state index is 0.00116. The molecule has 0 aliphatic carbocycles. The third-order valence-corrected chi connectivity index (χ3v) is 6.25. The van der Waals surface area contributed by atoms with Crippen molar-refractivity contribution in [2.24, 2.45) is 0 Å². The van der Waals surface area contributed by atoms with Gasteiger partial charge in [0.2, 0.25) is 0 Å². The van der Waals surface area contributed by atoms with Crippen LogP contribution in [0.5, 0.6) is 23.0 Å². The topological polar surface area (TPSA) is 94.5 Å². The van der Waals surface area contributed by atoms with E-state index in [1.54, 1.807) is 80.9 Å². The summed E-state index contributed by atoms with van der Waals surface area (Å²) in [6, 6.07) is 18.3. The van der Waals surface area contributed by atoms with Crippen LogP contribution in [-0.2, 0) is 16.1 Å². The second kappa shape index (κ2) is 11.3. The third-order valence-electron chi connectivity index (χ3n) is 6.25. The summed E-state index contributed by atoms with van der Waals surface area (Å²) in [4.78, 5) is 28.2. The quantitative estimate of drug-likeness (QED) is 0.239. The molecule has 0 radical (unpaired) electrons. The van der Waals surface area contributed by atoms with Crippen molar-refractivity contribution in [3.05, 3.63) is 89.0 Å². The Kier molecular flexibility index (Phi) is 7.90. The standard InChI is InChI=1S/C30H31NO7/c1-18(2)38-22-12-10-20(11-13-22)28(32)26-27(21-7-6-8-23(16-21)35-3)31(30(34)29(26)33)17-19-9-14-24(36-4)25(15-19)37-5/h6-16,18,27,32H,17H2,1-5H3/b28-26+. The number of carbonyl (C=O) groups is 2. The van der Waals surface area contributed by atoms with Crippen molar-refractivity contribution >= 4 is 17.4 Å². The average Bonchev–Trinajstić information content (AvgIpc) is 3.17. The SMILES string of the molecule is COc1cccc(C2/C(=C(\O)c3ccc(OC(C)C)cc3)C(=O)C(=O)N2Cc2ccc(OC)c(OC)c2)c1. The van der Waals surface area contributed by atoms with Crippen molar-refractivity contribution in [1.29, 1.82) is 0 Å². The normalized spacial score (nSPS) is 16.6. The molecule has 1 atom stereocenters. The van der Waals surface area contributed by atoms with Gasteiger partial charge >= 0.3 is 0 Å². The molecule has 8 heteroatoms. The second-order valence-electron chi connectivity index (χ2n) is 9.08. The van der Waals surface area contributed by atoms with Crippen LogP contribution in [0.25, 0.3) is 5.76 Å². The zero-order valence-electron chi connectivity index (χ0n) is 22.1. The van der Waals surface area contributed by atoms with E-state index < -0.39 is 17.7 Å².